The SMILES string of the molecule is Cc1ccc(Cl)c(C(Cl)=NO)c1. The van der Waals surface area contributed by atoms with Gasteiger partial charge in [0, 0.05) is 5.56 Å². The molecule has 0 saturated heterocycles. The van der Waals surface area contributed by atoms with Gasteiger partial charge in [-0.15, -0.1) is 0 Å². The fourth-order valence-electron chi connectivity index (χ4n) is 0.851. The normalized spacial score (nSPS) is 11.8. The molecule has 0 aliphatic rings. The minimum Gasteiger partial charge on any atom is -0.410 e. The summed E-state index contributed by atoms with van der Waals surface area (Å²) in [6.07, 6.45) is 0. The van der Waals surface area contributed by atoms with Crippen molar-refractivity contribution in [3.05, 3.63) is 34.3 Å². The van der Waals surface area contributed by atoms with Crippen LogP contribution in [0, 0.1) is 6.92 Å². The van der Waals surface area contributed by atoms with Crippen molar-refractivity contribution in [1.82, 2.24) is 0 Å². The first-order valence-electron chi connectivity index (χ1n) is 3.29. The van der Waals surface area contributed by atoms with Gasteiger partial charge < -0.3 is 5.21 Å². The molecule has 2 nitrogen and oxygen atoms in total. The van der Waals surface area contributed by atoms with E-state index < -0.39 is 0 Å². The van der Waals surface area contributed by atoms with Gasteiger partial charge in [0.1, 0.15) is 0 Å². The molecule has 0 atom stereocenters. The Balaban J connectivity index is 3.23. The Morgan fingerprint density at radius 3 is 2.75 bits per heavy atom. The molecule has 12 heavy (non-hydrogen) atoms. The number of benzene rings is 1. The summed E-state index contributed by atoms with van der Waals surface area (Å²) in [7, 11) is 0. The molecule has 0 amide bonds. The lowest BCUT2D eigenvalue weighted by atomic mass is 10.1. The van der Waals surface area contributed by atoms with Crippen molar-refractivity contribution in [2.24, 2.45) is 5.16 Å². The highest BCUT2D eigenvalue weighted by Gasteiger charge is 2.05. The van der Waals surface area contributed by atoms with E-state index in [9.17, 15) is 0 Å². The van der Waals surface area contributed by atoms with Gasteiger partial charge in [-0.3, -0.25) is 0 Å². The average Bonchev–Trinajstić information content (AvgIpc) is 2.08. The van der Waals surface area contributed by atoms with Crippen molar-refractivity contribution in [2.75, 3.05) is 0 Å². The Hall–Kier alpha value is -0.730. The average molecular weight is 204 g/mol. The number of aryl methyl sites for hydroxylation is 1. The van der Waals surface area contributed by atoms with E-state index in [0.29, 0.717) is 10.6 Å². The summed E-state index contributed by atoms with van der Waals surface area (Å²) in [6, 6.07) is 5.32. The maximum Gasteiger partial charge on any atom is 0.176 e. The Morgan fingerprint density at radius 2 is 2.17 bits per heavy atom. The maximum absolute atomic E-state index is 8.40. The van der Waals surface area contributed by atoms with Crippen LogP contribution in [0.4, 0.5) is 0 Å². The monoisotopic (exact) mass is 203 g/mol. The van der Waals surface area contributed by atoms with E-state index in [1.54, 1.807) is 12.1 Å². The quantitative estimate of drug-likeness (QED) is 0.425. The van der Waals surface area contributed by atoms with Crippen LogP contribution in [0.1, 0.15) is 11.1 Å². The minimum atomic E-state index is 0.00343. The molecule has 0 saturated carbocycles. The molecule has 1 aromatic carbocycles. The second kappa shape index (κ2) is 3.78. The summed E-state index contributed by atoms with van der Waals surface area (Å²) in [5.41, 5.74) is 1.55. The standard InChI is InChI=1S/C8H7Cl2NO/c1-5-2-3-7(9)6(4-5)8(10)11-12/h2-4,12H,1H3. The molecule has 0 aliphatic carbocycles. The predicted octanol–water partition coefficient (Wildman–Crippen LogP) is 3.02. The van der Waals surface area contributed by atoms with Crippen molar-refractivity contribution in [2.45, 2.75) is 6.92 Å². The molecular formula is C8H7Cl2NO. The van der Waals surface area contributed by atoms with Gasteiger partial charge in [0.15, 0.2) is 5.17 Å². The smallest absolute Gasteiger partial charge is 0.176 e. The summed E-state index contributed by atoms with van der Waals surface area (Å²) < 4.78 is 0. The lowest BCUT2D eigenvalue weighted by molar-refractivity contribution is 0.321. The van der Waals surface area contributed by atoms with Crippen molar-refractivity contribution < 1.29 is 5.21 Å². The van der Waals surface area contributed by atoms with Gasteiger partial charge in [-0.05, 0) is 19.1 Å². The summed E-state index contributed by atoms with van der Waals surface area (Å²) in [6.45, 7) is 1.90. The van der Waals surface area contributed by atoms with Gasteiger partial charge in [0.25, 0.3) is 0 Å². The molecule has 64 valence electrons. The molecule has 0 radical (unpaired) electrons. The Kier molecular flexibility index (Phi) is 2.95. The number of nitrogens with zero attached hydrogens (tertiary/aromatic N) is 1. The first-order chi connectivity index (χ1) is 5.65. The van der Waals surface area contributed by atoms with Gasteiger partial charge in [0.05, 0.1) is 5.02 Å². The van der Waals surface area contributed by atoms with Crippen LogP contribution in [-0.2, 0) is 0 Å². The van der Waals surface area contributed by atoms with Crippen LogP contribution in [0.2, 0.25) is 5.02 Å². The summed E-state index contributed by atoms with van der Waals surface area (Å²) in [5.74, 6) is 0. The summed E-state index contributed by atoms with van der Waals surface area (Å²) in [5, 5.41) is 11.7. The van der Waals surface area contributed by atoms with E-state index >= 15 is 0 Å². The molecule has 1 rings (SSSR count). The van der Waals surface area contributed by atoms with Crippen molar-refractivity contribution >= 4 is 28.4 Å². The highest BCUT2D eigenvalue weighted by atomic mass is 35.5. The maximum atomic E-state index is 8.40. The molecule has 0 fully saturated rings. The van der Waals surface area contributed by atoms with E-state index in [1.807, 2.05) is 13.0 Å². The van der Waals surface area contributed by atoms with Crippen molar-refractivity contribution in [3.63, 3.8) is 0 Å². The summed E-state index contributed by atoms with van der Waals surface area (Å²) in [4.78, 5) is 0. The number of rotatable bonds is 1. The summed E-state index contributed by atoms with van der Waals surface area (Å²) >= 11 is 11.4. The first-order valence-corrected chi connectivity index (χ1v) is 4.05. The van der Waals surface area contributed by atoms with Crippen LogP contribution in [0.5, 0.6) is 0 Å². The third-order valence-corrected chi connectivity index (χ3v) is 2.04. The molecule has 0 unspecified atom stereocenters. The topological polar surface area (TPSA) is 32.6 Å². The van der Waals surface area contributed by atoms with Crippen molar-refractivity contribution in [1.29, 1.82) is 0 Å². The number of hydrogen-bond donors (Lipinski definition) is 1. The van der Waals surface area contributed by atoms with Crippen LogP contribution in [0.15, 0.2) is 23.4 Å². The zero-order valence-electron chi connectivity index (χ0n) is 6.38. The Bertz CT molecular complexity index is 323. The van der Waals surface area contributed by atoms with Gasteiger partial charge >= 0.3 is 0 Å². The minimum absolute atomic E-state index is 0.00343. The second-order valence-electron chi connectivity index (χ2n) is 2.37. The molecule has 4 heteroatoms. The van der Waals surface area contributed by atoms with Crippen LogP contribution in [0.3, 0.4) is 0 Å². The van der Waals surface area contributed by atoms with E-state index in [1.165, 1.54) is 0 Å². The lowest BCUT2D eigenvalue weighted by Crippen LogP contribution is -1.92. The van der Waals surface area contributed by atoms with E-state index in [2.05, 4.69) is 5.16 Å². The Morgan fingerprint density at radius 1 is 1.50 bits per heavy atom. The van der Waals surface area contributed by atoms with Gasteiger partial charge in [-0.2, -0.15) is 0 Å². The molecule has 0 bridgehead atoms. The van der Waals surface area contributed by atoms with Gasteiger partial charge in [0.2, 0.25) is 0 Å². The molecule has 0 heterocycles. The third-order valence-electron chi connectivity index (χ3n) is 1.43. The highest BCUT2D eigenvalue weighted by Crippen LogP contribution is 2.19. The van der Waals surface area contributed by atoms with Crippen LogP contribution in [0.25, 0.3) is 0 Å². The number of halogens is 2. The first kappa shape index (κ1) is 9.36. The Labute approximate surface area is 80.4 Å². The fraction of sp³-hybridized carbons (Fsp3) is 0.125. The zero-order valence-corrected chi connectivity index (χ0v) is 7.89. The molecule has 1 N–H and O–H groups in total. The zero-order chi connectivity index (χ0) is 9.14. The van der Waals surface area contributed by atoms with Crippen LogP contribution in [-0.4, -0.2) is 10.4 Å². The fourth-order valence-corrected chi connectivity index (χ4v) is 1.26. The molecule has 0 aromatic heterocycles. The molecular weight excluding hydrogens is 197 g/mol. The number of hydrogen-bond acceptors (Lipinski definition) is 2. The van der Waals surface area contributed by atoms with E-state index in [4.69, 9.17) is 28.4 Å². The van der Waals surface area contributed by atoms with Crippen LogP contribution >= 0.6 is 23.2 Å². The second-order valence-corrected chi connectivity index (χ2v) is 3.14. The third kappa shape index (κ3) is 1.90. The lowest BCUT2D eigenvalue weighted by Gasteiger charge is -2.00. The highest BCUT2D eigenvalue weighted by molar-refractivity contribution is 6.70. The van der Waals surface area contributed by atoms with Crippen molar-refractivity contribution in [3.8, 4) is 0 Å². The van der Waals surface area contributed by atoms with Gasteiger partial charge in [-0.25, -0.2) is 0 Å². The van der Waals surface area contributed by atoms with E-state index in [-0.39, 0.29) is 5.17 Å². The predicted molar refractivity (Wildman–Crippen MR) is 50.4 cm³/mol. The van der Waals surface area contributed by atoms with E-state index in [0.717, 1.165) is 5.56 Å². The molecule has 0 spiro atoms. The largest absolute Gasteiger partial charge is 0.410 e. The molecule has 1 aromatic rings. The number of oxime groups is 1. The molecule has 0 aliphatic heterocycles. The van der Waals surface area contributed by atoms with Gasteiger partial charge in [-0.1, -0.05) is 40.0 Å². The van der Waals surface area contributed by atoms with Crippen LogP contribution < -0.4 is 0 Å².